The van der Waals surface area contributed by atoms with Gasteiger partial charge >= 0.3 is 0 Å². The highest BCUT2D eigenvalue weighted by atomic mass is 35.5. The topological polar surface area (TPSA) is 12.0 Å². The van der Waals surface area contributed by atoms with Crippen LogP contribution >= 0.6 is 22.9 Å². The van der Waals surface area contributed by atoms with Crippen LogP contribution in [0.15, 0.2) is 6.07 Å². The number of aryl methyl sites for hydroxylation is 1. The molecule has 0 radical (unpaired) electrons. The van der Waals surface area contributed by atoms with Crippen molar-refractivity contribution in [1.29, 1.82) is 0 Å². The van der Waals surface area contributed by atoms with Gasteiger partial charge in [-0.1, -0.05) is 18.5 Å². The number of nitrogens with one attached hydrogen (secondary N) is 1. The molecule has 1 aromatic heterocycles. The third-order valence-electron chi connectivity index (χ3n) is 3.96. The average Bonchev–Trinajstić information content (AvgIpc) is 2.86. The van der Waals surface area contributed by atoms with E-state index >= 15 is 0 Å². The van der Waals surface area contributed by atoms with E-state index in [1.807, 2.05) is 0 Å². The Bertz CT molecular complexity index is 395. The normalized spacial score (nSPS) is 26.5. The zero-order valence-electron chi connectivity index (χ0n) is 9.68. The van der Waals surface area contributed by atoms with Crippen molar-refractivity contribution in [3.8, 4) is 0 Å². The molecule has 1 heterocycles. The maximum Gasteiger partial charge on any atom is 0.0934 e. The molecule has 0 saturated heterocycles. The van der Waals surface area contributed by atoms with E-state index in [0.717, 1.165) is 4.34 Å². The van der Waals surface area contributed by atoms with E-state index in [0.29, 0.717) is 11.5 Å². The van der Waals surface area contributed by atoms with E-state index in [2.05, 4.69) is 18.3 Å². The van der Waals surface area contributed by atoms with Crippen molar-refractivity contribution in [2.75, 3.05) is 6.54 Å². The molecule has 16 heavy (non-hydrogen) atoms. The van der Waals surface area contributed by atoms with Crippen LogP contribution in [0.2, 0.25) is 4.34 Å². The van der Waals surface area contributed by atoms with Crippen LogP contribution in [0.1, 0.15) is 49.1 Å². The summed E-state index contributed by atoms with van der Waals surface area (Å²) in [6.45, 7) is 3.55. The van der Waals surface area contributed by atoms with E-state index in [4.69, 9.17) is 11.6 Å². The quantitative estimate of drug-likeness (QED) is 0.855. The Kier molecular flexibility index (Phi) is 2.77. The summed E-state index contributed by atoms with van der Waals surface area (Å²) >= 11 is 7.88. The molecule has 0 aliphatic heterocycles. The molecule has 1 fully saturated rings. The molecule has 0 bridgehead atoms. The Morgan fingerprint density at radius 1 is 1.56 bits per heavy atom. The molecule has 2 aliphatic carbocycles. The van der Waals surface area contributed by atoms with Crippen LogP contribution in [0, 0.1) is 5.41 Å². The van der Waals surface area contributed by atoms with Crippen molar-refractivity contribution < 1.29 is 0 Å². The highest BCUT2D eigenvalue weighted by Crippen LogP contribution is 2.45. The van der Waals surface area contributed by atoms with Crippen LogP contribution in [0.4, 0.5) is 0 Å². The van der Waals surface area contributed by atoms with Gasteiger partial charge in [0, 0.05) is 17.5 Å². The maximum atomic E-state index is 6.11. The lowest BCUT2D eigenvalue weighted by Crippen LogP contribution is -2.29. The van der Waals surface area contributed by atoms with Crippen LogP contribution in [-0.4, -0.2) is 6.54 Å². The smallest absolute Gasteiger partial charge is 0.0934 e. The molecule has 1 N–H and O–H groups in total. The number of fused-ring (bicyclic) bond motifs is 1. The van der Waals surface area contributed by atoms with Crippen LogP contribution in [0.3, 0.4) is 0 Å². The number of hydrogen-bond acceptors (Lipinski definition) is 2. The minimum atomic E-state index is 0.560. The summed E-state index contributed by atoms with van der Waals surface area (Å²) < 4.78 is 0.955. The fraction of sp³-hybridized carbons (Fsp3) is 0.692. The molecule has 0 amide bonds. The van der Waals surface area contributed by atoms with Gasteiger partial charge in [0.1, 0.15) is 0 Å². The SMILES string of the molecule is CC1(CNC2CCCc3sc(Cl)cc32)CC1. The van der Waals surface area contributed by atoms with E-state index in [1.54, 1.807) is 11.3 Å². The van der Waals surface area contributed by atoms with Crippen molar-refractivity contribution in [3.63, 3.8) is 0 Å². The average molecular weight is 256 g/mol. The van der Waals surface area contributed by atoms with Crippen molar-refractivity contribution in [1.82, 2.24) is 5.32 Å². The Labute approximate surface area is 106 Å². The zero-order valence-corrected chi connectivity index (χ0v) is 11.3. The van der Waals surface area contributed by atoms with Gasteiger partial charge in [-0.3, -0.25) is 0 Å². The van der Waals surface area contributed by atoms with E-state index in [9.17, 15) is 0 Å². The fourth-order valence-electron chi connectivity index (χ4n) is 2.49. The largest absolute Gasteiger partial charge is 0.309 e. The first-order valence-electron chi connectivity index (χ1n) is 6.18. The molecule has 3 heteroatoms. The highest BCUT2D eigenvalue weighted by molar-refractivity contribution is 7.16. The van der Waals surface area contributed by atoms with E-state index < -0.39 is 0 Å². The van der Waals surface area contributed by atoms with E-state index in [1.165, 1.54) is 49.1 Å². The first kappa shape index (κ1) is 11.1. The van der Waals surface area contributed by atoms with Crippen molar-refractivity contribution >= 4 is 22.9 Å². The molecule has 0 aromatic carbocycles. The third kappa shape index (κ3) is 2.15. The van der Waals surface area contributed by atoms with Gasteiger partial charge in [-0.25, -0.2) is 0 Å². The first-order valence-corrected chi connectivity index (χ1v) is 7.37. The minimum absolute atomic E-state index is 0.560. The molecule has 88 valence electrons. The molecule has 1 aromatic rings. The predicted octanol–water partition coefficient (Wildman–Crippen LogP) is 4.17. The summed E-state index contributed by atoms with van der Waals surface area (Å²) in [6, 6.07) is 2.73. The zero-order chi connectivity index (χ0) is 11.2. The van der Waals surface area contributed by atoms with E-state index in [-0.39, 0.29) is 0 Å². The summed E-state index contributed by atoms with van der Waals surface area (Å²) in [7, 11) is 0. The van der Waals surface area contributed by atoms with Gasteiger partial charge in [0.15, 0.2) is 0 Å². The lowest BCUT2D eigenvalue weighted by Gasteiger charge is -2.25. The lowest BCUT2D eigenvalue weighted by atomic mass is 9.93. The van der Waals surface area contributed by atoms with Gasteiger partial charge < -0.3 is 5.32 Å². The van der Waals surface area contributed by atoms with Gasteiger partial charge in [-0.15, -0.1) is 11.3 Å². The molecule has 1 saturated carbocycles. The Morgan fingerprint density at radius 3 is 3.12 bits per heavy atom. The summed E-state index contributed by atoms with van der Waals surface area (Å²) in [5.74, 6) is 0. The molecular weight excluding hydrogens is 238 g/mol. The Morgan fingerprint density at radius 2 is 2.38 bits per heavy atom. The highest BCUT2D eigenvalue weighted by Gasteiger charge is 2.37. The van der Waals surface area contributed by atoms with Crippen molar-refractivity contribution in [2.45, 2.75) is 45.1 Å². The molecule has 3 rings (SSSR count). The van der Waals surface area contributed by atoms with Gasteiger partial charge in [-0.05, 0) is 49.1 Å². The minimum Gasteiger partial charge on any atom is -0.309 e. The second-order valence-electron chi connectivity index (χ2n) is 5.57. The van der Waals surface area contributed by atoms with Gasteiger partial charge in [0.2, 0.25) is 0 Å². The molecule has 1 atom stereocenters. The predicted molar refractivity (Wildman–Crippen MR) is 70.4 cm³/mol. The van der Waals surface area contributed by atoms with Gasteiger partial charge in [0.25, 0.3) is 0 Å². The fourth-order valence-corrected chi connectivity index (χ4v) is 3.88. The Balaban J connectivity index is 1.71. The standard InChI is InChI=1S/C13H18ClNS/c1-13(5-6-13)8-15-10-3-2-4-11-9(10)7-12(14)16-11/h7,10,15H,2-6,8H2,1H3. The van der Waals surface area contributed by atoms with Gasteiger partial charge in [-0.2, -0.15) is 0 Å². The third-order valence-corrected chi connectivity index (χ3v) is 5.30. The van der Waals surface area contributed by atoms with Gasteiger partial charge in [0.05, 0.1) is 4.34 Å². The molecule has 0 spiro atoms. The molecule has 1 nitrogen and oxygen atoms in total. The van der Waals surface area contributed by atoms with Crippen LogP contribution in [0.5, 0.6) is 0 Å². The summed E-state index contributed by atoms with van der Waals surface area (Å²) in [4.78, 5) is 1.51. The van der Waals surface area contributed by atoms with Crippen LogP contribution in [-0.2, 0) is 6.42 Å². The summed E-state index contributed by atoms with van der Waals surface area (Å²) in [5.41, 5.74) is 2.07. The molecular formula is C13H18ClNS. The van der Waals surface area contributed by atoms with Crippen LogP contribution < -0.4 is 5.32 Å². The van der Waals surface area contributed by atoms with Crippen molar-refractivity contribution in [2.24, 2.45) is 5.41 Å². The monoisotopic (exact) mass is 255 g/mol. The first-order chi connectivity index (χ1) is 7.66. The number of halogens is 1. The van der Waals surface area contributed by atoms with Crippen molar-refractivity contribution in [3.05, 3.63) is 20.8 Å². The second kappa shape index (κ2) is 4.01. The maximum absolute atomic E-state index is 6.11. The van der Waals surface area contributed by atoms with Crippen LogP contribution in [0.25, 0.3) is 0 Å². The molecule has 2 aliphatic rings. The number of thiophene rings is 1. The number of hydrogen-bond donors (Lipinski definition) is 1. The second-order valence-corrected chi connectivity index (χ2v) is 7.33. The summed E-state index contributed by atoms with van der Waals surface area (Å²) in [5, 5.41) is 3.74. The molecule has 1 unspecified atom stereocenters. The Hall–Kier alpha value is -0.0500. The number of rotatable bonds is 3. The summed E-state index contributed by atoms with van der Waals surface area (Å²) in [6.07, 6.45) is 6.59. The lowest BCUT2D eigenvalue weighted by molar-refractivity contribution is 0.407.